The van der Waals surface area contributed by atoms with Crippen molar-refractivity contribution in [1.29, 1.82) is 0 Å². The lowest BCUT2D eigenvalue weighted by Crippen LogP contribution is -2.26. The lowest BCUT2D eigenvalue weighted by molar-refractivity contribution is -0.146. The van der Waals surface area contributed by atoms with E-state index in [1.807, 2.05) is 0 Å². The van der Waals surface area contributed by atoms with Crippen LogP contribution in [0.25, 0.3) is 0 Å². The molecule has 0 fully saturated rings. The number of nitrogens with one attached hydrogen (secondary N) is 1. The first kappa shape index (κ1) is 16.1. The number of benzene rings is 1. The zero-order valence-electron chi connectivity index (χ0n) is 12.8. The number of fused-ring (bicyclic) bond motifs is 1. The van der Waals surface area contributed by atoms with E-state index >= 15 is 0 Å². The van der Waals surface area contributed by atoms with Gasteiger partial charge in [-0.15, -0.1) is 0 Å². The van der Waals surface area contributed by atoms with Gasteiger partial charge in [0.25, 0.3) is 10.0 Å². The molecule has 8 heteroatoms. The number of nitrogens with zero attached hydrogens (tertiary/aromatic N) is 2. The van der Waals surface area contributed by atoms with Gasteiger partial charge < -0.3 is 4.74 Å². The Hall–Kier alpha value is -2.74. The normalized spacial score (nSPS) is 17.8. The number of rotatable bonds is 4. The van der Waals surface area contributed by atoms with Crippen molar-refractivity contribution in [3.63, 3.8) is 0 Å². The van der Waals surface area contributed by atoms with Crippen LogP contribution in [0.15, 0.2) is 58.5 Å². The van der Waals surface area contributed by atoms with E-state index in [2.05, 4.69) is 14.7 Å². The van der Waals surface area contributed by atoms with E-state index in [1.165, 1.54) is 6.07 Å². The van der Waals surface area contributed by atoms with E-state index < -0.39 is 22.0 Å². The number of esters is 1. The molecule has 1 aromatic heterocycles. The van der Waals surface area contributed by atoms with Crippen molar-refractivity contribution in [2.75, 3.05) is 0 Å². The first-order valence-corrected chi connectivity index (χ1v) is 8.72. The number of hydrogen-bond acceptors (Lipinski definition) is 6. The van der Waals surface area contributed by atoms with E-state index in [0.717, 1.165) is 0 Å². The first-order chi connectivity index (χ1) is 11.5. The van der Waals surface area contributed by atoms with Gasteiger partial charge in [0.15, 0.2) is 0 Å². The fourth-order valence-electron chi connectivity index (χ4n) is 2.23. The van der Waals surface area contributed by atoms with Gasteiger partial charge >= 0.3 is 5.97 Å². The van der Waals surface area contributed by atoms with Crippen molar-refractivity contribution in [2.45, 2.75) is 24.5 Å². The molecule has 0 spiro atoms. The summed E-state index contributed by atoms with van der Waals surface area (Å²) in [6.45, 7) is 1.58. The molecule has 1 aromatic carbocycles. The van der Waals surface area contributed by atoms with Crippen molar-refractivity contribution < 1.29 is 17.9 Å². The zero-order chi connectivity index (χ0) is 17.2. The van der Waals surface area contributed by atoms with Gasteiger partial charge in [0.05, 0.1) is 10.6 Å². The monoisotopic (exact) mass is 345 g/mol. The number of pyridine rings is 1. The molecule has 0 amide bonds. The highest BCUT2D eigenvalue weighted by Crippen LogP contribution is 2.22. The lowest BCUT2D eigenvalue weighted by Gasteiger charge is -2.08. The molecule has 2 aromatic rings. The highest BCUT2D eigenvalue weighted by atomic mass is 32.2. The maximum atomic E-state index is 12.0. The van der Waals surface area contributed by atoms with Gasteiger partial charge in [0, 0.05) is 11.8 Å². The number of aromatic nitrogens is 1. The second kappa shape index (κ2) is 6.40. The average molecular weight is 345 g/mol. The molecular weight excluding hydrogens is 330 g/mol. The van der Waals surface area contributed by atoms with Crippen molar-refractivity contribution in [1.82, 2.24) is 9.71 Å². The molecular formula is C16H15N3O4S. The highest BCUT2D eigenvalue weighted by Gasteiger charge is 2.31. The molecule has 3 rings (SSSR count). The zero-order valence-corrected chi connectivity index (χ0v) is 13.7. The van der Waals surface area contributed by atoms with Crippen LogP contribution in [-0.4, -0.2) is 31.2 Å². The summed E-state index contributed by atoms with van der Waals surface area (Å²) in [7, 11) is -3.62. The molecule has 0 unspecified atom stereocenters. The summed E-state index contributed by atoms with van der Waals surface area (Å²) in [6.07, 6.45) is 1.61. The van der Waals surface area contributed by atoms with Gasteiger partial charge in [0.2, 0.25) is 0 Å². The van der Waals surface area contributed by atoms with E-state index in [1.54, 1.807) is 49.5 Å². The molecule has 1 N–H and O–H groups in total. The van der Waals surface area contributed by atoms with Gasteiger partial charge in [-0.05, 0) is 31.2 Å². The number of amidine groups is 1. The molecule has 0 saturated carbocycles. The van der Waals surface area contributed by atoms with Gasteiger partial charge in [-0.1, -0.05) is 18.2 Å². The number of aliphatic imine (C=N–C) groups is 1. The molecule has 2 heterocycles. The van der Waals surface area contributed by atoms with Crippen molar-refractivity contribution in [3.8, 4) is 0 Å². The Bertz CT molecular complexity index is 895. The number of carbonyl (C=O) groups is 1. The predicted molar refractivity (Wildman–Crippen MR) is 86.8 cm³/mol. The topological polar surface area (TPSA) is 97.7 Å². The van der Waals surface area contributed by atoms with Crippen molar-refractivity contribution >= 4 is 21.8 Å². The minimum absolute atomic E-state index is 0.0389. The average Bonchev–Trinajstić information content (AvgIpc) is 2.84. The molecule has 0 bridgehead atoms. The smallest absolute Gasteiger partial charge is 0.331 e. The number of sulfonamides is 1. The van der Waals surface area contributed by atoms with E-state index in [9.17, 15) is 13.2 Å². The third-order valence-corrected chi connectivity index (χ3v) is 4.81. The fourth-order valence-corrected chi connectivity index (χ4v) is 3.46. The Balaban J connectivity index is 1.73. The van der Waals surface area contributed by atoms with Crippen LogP contribution in [0.4, 0.5) is 0 Å². The Morgan fingerprint density at radius 1 is 1.25 bits per heavy atom. The SMILES string of the molecule is C[C@@H](N=C1NS(=O)(=O)c2ccccc21)C(=O)OCc1ccccn1. The quantitative estimate of drug-likeness (QED) is 0.841. The summed E-state index contributed by atoms with van der Waals surface area (Å²) >= 11 is 0. The van der Waals surface area contributed by atoms with Crippen LogP contribution in [0.1, 0.15) is 18.2 Å². The molecule has 0 radical (unpaired) electrons. The third kappa shape index (κ3) is 3.28. The Morgan fingerprint density at radius 2 is 2.00 bits per heavy atom. The summed E-state index contributed by atoms with van der Waals surface area (Å²) < 4.78 is 31.5. The lowest BCUT2D eigenvalue weighted by atomic mass is 10.2. The van der Waals surface area contributed by atoms with E-state index in [-0.39, 0.29) is 17.3 Å². The van der Waals surface area contributed by atoms with Crippen LogP contribution >= 0.6 is 0 Å². The molecule has 1 aliphatic rings. The Kier molecular flexibility index (Phi) is 4.30. The van der Waals surface area contributed by atoms with Crippen LogP contribution in [0, 0.1) is 0 Å². The van der Waals surface area contributed by atoms with Crippen molar-refractivity contribution in [3.05, 3.63) is 59.9 Å². The molecule has 1 aliphatic heterocycles. The van der Waals surface area contributed by atoms with Gasteiger partial charge in [0.1, 0.15) is 18.5 Å². The minimum Gasteiger partial charge on any atom is -0.458 e. The highest BCUT2D eigenvalue weighted by molar-refractivity contribution is 7.90. The van der Waals surface area contributed by atoms with Crippen LogP contribution in [0.2, 0.25) is 0 Å². The van der Waals surface area contributed by atoms with E-state index in [0.29, 0.717) is 11.3 Å². The Morgan fingerprint density at radius 3 is 2.75 bits per heavy atom. The van der Waals surface area contributed by atoms with Gasteiger partial charge in [-0.25, -0.2) is 13.2 Å². The first-order valence-electron chi connectivity index (χ1n) is 7.24. The van der Waals surface area contributed by atoms with Crippen LogP contribution in [-0.2, 0) is 26.2 Å². The minimum atomic E-state index is -3.62. The summed E-state index contributed by atoms with van der Waals surface area (Å²) in [5.41, 5.74) is 1.07. The Labute approximate surface area is 139 Å². The van der Waals surface area contributed by atoms with Gasteiger partial charge in [-0.3, -0.25) is 14.7 Å². The number of hydrogen-bond donors (Lipinski definition) is 1. The second-order valence-electron chi connectivity index (χ2n) is 5.18. The summed E-state index contributed by atoms with van der Waals surface area (Å²) in [5.74, 6) is -0.412. The van der Waals surface area contributed by atoms with Crippen LogP contribution in [0.3, 0.4) is 0 Å². The molecule has 124 valence electrons. The molecule has 7 nitrogen and oxygen atoms in total. The van der Waals surface area contributed by atoms with Crippen molar-refractivity contribution in [2.24, 2.45) is 4.99 Å². The predicted octanol–water partition coefficient (Wildman–Crippen LogP) is 1.25. The largest absolute Gasteiger partial charge is 0.458 e. The summed E-state index contributed by atoms with van der Waals surface area (Å²) in [4.78, 5) is 20.4. The second-order valence-corrected chi connectivity index (χ2v) is 6.83. The number of ether oxygens (including phenoxy) is 1. The van der Waals surface area contributed by atoms with Crippen LogP contribution in [0.5, 0.6) is 0 Å². The molecule has 24 heavy (non-hydrogen) atoms. The maximum absolute atomic E-state index is 12.0. The van der Waals surface area contributed by atoms with Crippen LogP contribution < -0.4 is 4.72 Å². The fraction of sp³-hybridized carbons (Fsp3) is 0.188. The van der Waals surface area contributed by atoms with E-state index in [4.69, 9.17) is 4.74 Å². The third-order valence-electron chi connectivity index (χ3n) is 3.42. The molecule has 1 atom stereocenters. The molecule has 0 aliphatic carbocycles. The number of carbonyl (C=O) groups excluding carboxylic acids is 1. The molecule has 0 saturated heterocycles. The maximum Gasteiger partial charge on any atom is 0.331 e. The summed E-state index contributed by atoms with van der Waals surface area (Å²) in [6, 6.07) is 10.9. The standard InChI is InChI=1S/C16H15N3O4S/c1-11(16(20)23-10-12-6-4-5-9-17-12)18-15-13-7-2-3-8-14(13)24(21,22)19-15/h2-9,11H,10H2,1H3,(H,18,19)/t11-/m1/s1. The summed E-state index contributed by atoms with van der Waals surface area (Å²) in [5, 5.41) is 0. The van der Waals surface area contributed by atoms with Gasteiger partial charge in [-0.2, -0.15) is 0 Å².